The Morgan fingerprint density at radius 2 is 1.83 bits per heavy atom. The molecule has 24 heavy (non-hydrogen) atoms. The van der Waals surface area contributed by atoms with Crippen LogP contribution in [0.2, 0.25) is 0 Å². The zero-order valence-electron chi connectivity index (χ0n) is 14.2. The lowest BCUT2D eigenvalue weighted by molar-refractivity contribution is -0.136. The van der Waals surface area contributed by atoms with Gasteiger partial charge in [-0.05, 0) is 25.0 Å². The topological polar surface area (TPSA) is 40.6 Å². The first-order chi connectivity index (χ1) is 11.6. The molecule has 1 heterocycles. The highest BCUT2D eigenvalue weighted by molar-refractivity contribution is 6.00. The highest BCUT2D eigenvalue weighted by Gasteiger charge is 2.38. The zero-order valence-corrected chi connectivity index (χ0v) is 14.2. The van der Waals surface area contributed by atoms with Crippen molar-refractivity contribution in [1.29, 1.82) is 0 Å². The molecule has 2 amide bonds. The summed E-state index contributed by atoms with van der Waals surface area (Å²) in [5, 5.41) is 0. The van der Waals surface area contributed by atoms with E-state index in [1.807, 2.05) is 11.9 Å². The molecule has 0 aromatic heterocycles. The molecule has 0 N–H and O–H groups in total. The van der Waals surface area contributed by atoms with Gasteiger partial charge in [-0.2, -0.15) is 0 Å². The van der Waals surface area contributed by atoms with Gasteiger partial charge in [-0.3, -0.25) is 9.59 Å². The van der Waals surface area contributed by atoms with E-state index in [4.69, 9.17) is 0 Å². The van der Waals surface area contributed by atoms with Crippen LogP contribution in [0, 0.1) is 11.7 Å². The maximum atomic E-state index is 13.9. The molecule has 130 valence electrons. The Kier molecular flexibility index (Phi) is 5.17. The third kappa shape index (κ3) is 3.45. The lowest BCUT2D eigenvalue weighted by Crippen LogP contribution is -2.41. The van der Waals surface area contributed by atoms with Gasteiger partial charge < -0.3 is 9.80 Å². The number of hydrogen-bond donors (Lipinski definition) is 0. The summed E-state index contributed by atoms with van der Waals surface area (Å²) in [4.78, 5) is 28.4. The number of amides is 2. The molecule has 0 bridgehead atoms. The summed E-state index contributed by atoms with van der Waals surface area (Å²) in [6, 6.07) is 6.52. The summed E-state index contributed by atoms with van der Waals surface area (Å²) in [5.74, 6) is -0.941. The largest absolute Gasteiger partial charge is 0.342 e. The van der Waals surface area contributed by atoms with E-state index in [1.54, 1.807) is 18.2 Å². The van der Waals surface area contributed by atoms with Gasteiger partial charge in [0.1, 0.15) is 5.82 Å². The number of para-hydroxylation sites is 1. The molecule has 1 aromatic rings. The van der Waals surface area contributed by atoms with E-state index >= 15 is 0 Å². The van der Waals surface area contributed by atoms with Crippen molar-refractivity contribution in [3.63, 3.8) is 0 Å². The van der Waals surface area contributed by atoms with E-state index in [0.717, 1.165) is 25.7 Å². The van der Waals surface area contributed by atoms with Crippen LogP contribution in [0.25, 0.3) is 0 Å². The van der Waals surface area contributed by atoms with E-state index in [0.29, 0.717) is 0 Å². The number of halogens is 1. The number of benzene rings is 1. The number of hydrogen-bond acceptors (Lipinski definition) is 2. The molecule has 0 spiro atoms. The highest BCUT2D eigenvalue weighted by atomic mass is 19.1. The van der Waals surface area contributed by atoms with Crippen molar-refractivity contribution in [3.05, 3.63) is 30.1 Å². The molecule has 5 heteroatoms. The van der Waals surface area contributed by atoms with Crippen molar-refractivity contribution < 1.29 is 14.0 Å². The number of carbonyl (C=O) groups is 2. The maximum Gasteiger partial charge on any atom is 0.228 e. The predicted molar refractivity (Wildman–Crippen MR) is 91.1 cm³/mol. The molecule has 0 radical (unpaired) electrons. The molecule has 2 fully saturated rings. The average Bonchev–Trinajstić information content (AvgIpc) is 2.79. The third-order valence-corrected chi connectivity index (χ3v) is 5.34. The van der Waals surface area contributed by atoms with E-state index in [9.17, 15) is 14.0 Å². The number of carbonyl (C=O) groups excluding carboxylic acids is 2. The average molecular weight is 332 g/mol. The van der Waals surface area contributed by atoms with Crippen LogP contribution < -0.4 is 4.90 Å². The summed E-state index contributed by atoms with van der Waals surface area (Å²) < 4.78 is 13.9. The van der Waals surface area contributed by atoms with E-state index in [-0.39, 0.29) is 42.4 Å². The summed E-state index contributed by atoms with van der Waals surface area (Å²) in [6.45, 7) is 0.273. The first kappa shape index (κ1) is 16.9. The molecule has 1 aromatic carbocycles. The van der Waals surface area contributed by atoms with Gasteiger partial charge in [0.25, 0.3) is 0 Å². The van der Waals surface area contributed by atoms with Crippen LogP contribution in [0.1, 0.15) is 44.9 Å². The summed E-state index contributed by atoms with van der Waals surface area (Å²) in [6.07, 6.45) is 7.05. The van der Waals surface area contributed by atoms with Crippen molar-refractivity contribution in [2.24, 2.45) is 5.92 Å². The quantitative estimate of drug-likeness (QED) is 0.796. The van der Waals surface area contributed by atoms with Crippen LogP contribution in [-0.2, 0) is 9.59 Å². The summed E-state index contributed by atoms with van der Waals surface area (Å²) in [5.41, 5.74) is 0.273. The molecule has 1 saturated carbocycles. The Hall–Kier alpha value is -1.91. The van der Waals surface area contributed by atoms with Gasteiger partial charge in [0, 0.05) is 26.1 Å². The Balaban J connectivity index is 1.68. The third-order valence-electron chi connectivity index (χ3n) is 5.34. The fourth-order valence-electron chi connectivity index (χ4n) is 3.89. The lowest BCUT2D eigenvalue weighted by Gasteiger charge is -2.29. The number of anilines is 1. The van der Waals surface area contributed by atoms with Crippen LogP contribution in [-0.4, -0.2) is 36.3 Å². The van der Waals surface area contributed by atoms with Crippen molar-refractivity contribution in [2.45, 2.75) is 51.0 Å². The first-order valence-corrected chi connectivity index (χ1v) is 8.89. The van der Waals surface area contributed by atoms with Gasteiger partial charge in [-0.15, -0.1) is 0 Å². The Morgan fingerprint density at radius 1 is 1.17 bits per heavy atom. The molecule has 1 atom stereocenters. The van der Waals surface area contributed by atoms with Gasteiger partial charge in [0.15, 0.2) is 0 Å². The Morgan fingerprint density at radius 3 is 2.50 bits per heavy atom. The van der Waals surface area contributed by atoms with E-state index in [1.165, 1.54) is 23.8 Å². The van der Waals surface area contributed by atoms with E-state index in [2.05, 4.69) is 0 Å². The second-order valence-electron chi connectivity index (χ2n) is 6.95. The molecule has 4 nitrogen and oxygen atoms in total. The van der Waals surface area contributed by atoms with Crippen LogP contribution in [0.15, 0.2) is 24.3 Å². The highest BCUT2D eigenvalue weighted by Crippen LogP contribution is 2.29. The van der Waals surface area contributed by atoms with Crippen LogP contribution in [0.3, 0.4) is 0 Å². The van der Waals surface area contributed by atoms with Crippen LogP contribution in [0.4, 0.5) is 10.1 Å². The van der Waals surface area contributed by atoms with E-state index < -0.39 is 5.82 Å². The fraction of sp³-hybridized carbons (Fsp3) is 0.579. The molecule has 2 aliphatic rings. The first-order valence-electron chi connectivity index (χ1n) is 8.89. The molecular weight excluding hydrogens is 307 g/mol. The van der Waals surface area contributed by atoms with Gasteiger partial charge >= 0.3 is 0 Å². The Bertz CT molecular complexity index is 611. The minimum Gasteiger partial charge on any atom is -0.342 e. The summed E-state index contributed by atoms with van der Waals surface area (Å²) >= 11 is 0. The molecule has 0 unspecified atom stereocenters. The SMILES string of the molecule is CN(C(=O)[C@@H]1CC(=O)N(c2ccccc2F)C1)C1CCCCCC1. The monoisotopic (exact) mass is 332 g/mol. The van der Waals surface area contributed by atoms with Gasteiger partial charge in [0.2, 0.25) is 11.8 Å². The normalized spacial score (nSPS) is 22.5. The lowest BCUT2D eigenvalue weighted by atomic mass is 10.0. The molecule has 1 aliphatic heterocycles. The number of nitrogens with zero attached hydrogens (tertiary/aromatic N) is 2. The molecular formula is C19H25FN2O2. The van der Waals surface area contributed by atoms with Crippen molar-refractivity contribution in [1.82, 2.24) is 4.90 Å². The Labute approximate surface area is 142 Å². The second kappa shape index (κ2) is 7.32. The molecule has 1 aliphatic carbocycles. The second-order valence-corrected chi connectivity index (χ2v) is 6.95. The summed E-state index contributed by atoms with van der Waals surface area (Å²) in [7, 11) is 1.86. The van der Waals surface area contributed by atoms with Crippen LogP contribution >= 0.6 is 0 Å². The molecule has 1 saturated heterocycles. The molecule has 3 rings (SSSR count). The predicted octanol–water partition coefficient (Wildman–Crippen LogP) is 3.36. The fourth-order valence-corrected chi connectivity index (χ4v) is 3.89. The van der Waals surface area contributed by atoms with Gasteiger partial charge in [0.05, 0.1) is 11.6 Å². The van der Waals surface area contributed by atoms with Crippen molar-refractivity contribution in [3.8, 4) is 0 Å². The zero-order chi connectivity index (χ0) is 17.1. The van der Waals surface area contributed by atoms with Crippen molar-refractivity contribution >= 4 is 17.5 Å². The smallest absolute Gasteiger partial charge is 0.228 e. The minimum atomic E-state index is -0.420. The van der Waals surface area contributed by atoms with Crippen LogP contribution in [0.5, 0.6) is 0 Å². The number of rotatable bonds is 3. The maximum absolute atomic E-state index is 13.9. The van der Waals surface area contributed by atoms with Crippen molar-refractivity contribution in [2.75, 3.05) is 18.5 Å². The standard InChI is InChI=1S/C19H25FN2O2/c1-21(15-8-4-2-3-5-9-15)19(24)14-12-18(23)22(13-14)17-11-7-6-10-16(17)20/h6-7,10-11,14-15H,2-5,8-9,12-13H2,1H3/t14-/m1/s1. The minimum absolute atomic E-state index is 0.0223. The van der Waals surface area contributed by atoms with Gasteiger partial charge in [-0.1, -0.05) is 37.8 Å². The van der Waals surface area contributed by atoms with Gasteiger partial charge in [-0.25, -0.2) is 4.39 Å².